The highest BCUT2D eigenvalue weighted by molar-refractivity contribution is 7.91. The monoisotopic (exact) mass is 398 g/mol. The maximum Gasteiger partial charge on any atom is 0.252 e. The first-order chi connectivity index (χ1) is 12.0. The lowest BCUT2D eigenvalue weighted by atomic mass is 10.0. The highest BCUT2D eigenvalue weighted by Crippen LogP contribution is 2.29. The summed E-state index contributed by atoms with van der Waals surface area (Å²) < 4.78 is 27.5. The summed E-state index contributed by atoms with van der Waals surface area (Å²) in [6.45, 7) is 0.457. The third kappa shape index (κ3) is 4.41. The fourth-order valence-corrected chi connectivity index (χ4v) is 5.92. The number of benzene rings is 1. The number of rotatable bonds is 5. The van der Waals surface area contributed by atoms with Gasteiger partial charge >= 0.3 is 0 Å². The Morgan fingerprint density at radius 2 is 2.00 bits per heavy atom. The van der Waals surface area contributed by atoms with Gasteiger partial charge in [-0.25, -0.2) is 8.42 Å². The molecule has 1 unspecified atom stereocenters. The molecular formula is C17H19ClN2O3S2. The van der Waals surface area contributed by atoms with E-state index in [0.717, 1.165) is 12.8 Å². The van der Waals surface area contributed by atoms with Gasteiger partial charge in [0.25, 0.3) is 10.0 Å². The largest absolute Gasteiger partial charge is 0.326 e. The quantitative estimate of drug-likeness (QED) is 0.828. The molecule has 3 rings (SSSR count). The number of carbonyl (C=O) groups is 1. The minimum absolute atomic E-state index is 0.146. The molecule has 1 aliphatic rings. The van der Waals surface area contributed by atoms with E-state index in [2.05, 4.69) is 5.32 Å². The second-order valence-electron chi connectivity index (χ2n) is 5.96. The Labute approximate surface area is 156 Å². The summed E-state index contributed by atoms with van der Waals surface area (Å²) in [5, 5.41) is 5.15. The number of piperidine rings is 1. The number of hydrogen-bond acceptors (Lipinski definition) is 4. The molecule has 1 fully saturated rings. The molecule has 2 aromatic rings. The Balaban J connectivity index is 1.71. The second kappa shape index (κ2) is 7.86. The third-order valence-electron chi connectivity index (χ3n) is 4.18. The molecule has 1 N–H and O–H groups in total. The van der Waals surface area contributed by atoms with Crippen LogP contribution in [0.3, 0.4) is 0 Å². The van der Waals surface area contributed by atoms with Crippen LogP contribution in [-0.4, -0.2) is 31.2 Å². The summed E-state index contributed by atoms with van der Waals surface area (Å²) in [7, 11) is -3.54. The van der Waals surface area contributed by atoms with Crippen molar-refractivity contribution in [1.82, 2.24) is 4.31 Å². The Kier molecular flexibility index (Phi) is 5.78. The number of anilines is 1. The molecule has 8 heteroatoms. The summed E-state index contributed by atoms with van der Waals surface area (Å²) in [4.78, 5) is 12.4. The van der Waals surface area contributed by atoms with Gasteiger partial charge in [0.2, 0.25) is 5.91 Å². The third-order valence-corrected chi connectivity index (χ3v) is 7.76. The summed E-state index contributed by atoms with van der Waals surface area (Å²) in [6, 6.07) is 9.87. The molecule has 0 bridgehead atoms. The van der Waals surface area contributed by atoms with Crippen molar-refractivity contribution in [3.05, 3.63) is 46.8 Å². The SMILES string of the molecule is O=C(CC1CCCCN1S(=O)(=O)c1cccs1)Nc1ccc(Cl)cc1. The van der Waals surface area contributed by atoms with Crippen molar-refractivity contribution in [3.8, 4) is 0 Å². The molecule has 5 nitrogen and oxygen atoms in total. The number of thiophene rings is 1. The van der Waals surface area contributed by atoms with E-state index in [4.69, 9.17) is 11.6 Å². The molecule has 1 saturated heterocycles. The lowest BCUT2D eigenvalue weighted by Crippen LogP contribution is -2.45. The minimum atomic E-state index is -3.54. The van der Waals surface area contributed by atoms with Crippen LogP contribution in [0.2, 0.25) is 5.02 Å². The van der Waals surface area contributed by atoms with E-state index in [0.29, 0.717) is 27.9 Å². The zero-order valence-corrected chi connectivity index (χ0v) is 15.9. The van der Waals surface area contributed by atoms with Gasteiger partial charge in [-0.1, -0.05) is 24.1 Å². The maximum absolute atomic E-state index is 12.8. The van der Waals surface area contributed by atoms with E-state index >= 15 is 0 Å². The molecule has 0 spiro atoms. The van der Waals surface area contributed by atoms with Crippen molar-refractivity contribution in [3.63, 3.8) is 0 Å². The minimum Gasteiger partial charge on any atom is -0.326 e. The van der Waals surface area contributed by atoms with Gasteiger partial charge in [0.05, 0.1) is 0 Å². The van der Waals surface area contributed by atoms with Crippen molar-refractivity contribution in [1.29, 1.82) is 0 Å². The van der Waals surface area contributed by atoms with E-state index in [1.807, 2.05) is 0 Å². The Morgan fingerprint density at radius 3 is 2.68 bits per heavy atom. The lowest BCUT2D eigenvalue weighted by Gasteiger charge is -2.34. The van der Waals surface area contributed by atoms with Crippen molar-refractivity contribution >= 4 is 44.6 Å². The summed E-state index contributed by atoms with van der Waals surface area (Å²) >= 11 is 7.04. The Morgan fingerprint density at radius 1 is 1.24 bits per heavy atom. The number of nitrogens with one attached hydrogen (secondary N) is 1. The predicted octanol–water partition coefficient (Wildman–Crippen LogP) is 3.97. The molecule has 2 heterocycles. The van der Waals surface area contributed by atoms with Gasteiger partial charge in [0.1, 0.15) is 4.21 Å². The number of carbonyl (C=O) groups excluding carboxylic acids is 1. The summed E-state index contributed by atoms with van der Waals surface area (Å²) in [6.07, 6.45) is 2.58. The number of sulfonamides is 1. The van der Waals surface area contributed by atoms with Crippen LogP contribution >= 0.6 is 22.9 Å². The molecule has 1 aliphatic heterocycles. The van der Waals surface area contributed by atoms with Gasteiger partial charge in [0, 0.05) is 29.7 Å². The molecular weight excluding hydrogens is 380 g/mol. The average Bonchev–Trinajstić information content (AvgIpc) is 3.13. The standard InChI is InChI=1S/C17H19ClN2O3S2/c18-13-6-8-14(9-7-13)19-16(21)12-15-4-1-2-10-20(15)25(22,23)17-5-3-11-24-17/h3,5-9,11,15H,1-2,4,10,12H2,(H,19,21). The second-order valence-corrected chi connectivity index (χ2v) is 9.46. The topological polar surface area (TPSA) is 66.5 Å². The van der Waals surface area contributed by atoms with E-state index in [9.17, 15) is 13.2 Å². The first-order valence-corrected chi connectivity index (χ1v) is 10.8. The van der Waals surface area contributed by atoms with Crippen LogP contribution in [0.15, 0.2) is 46.0 Å². The van der Waals surface area contributed by atoms with E-state index in [1.165, 1.54) is 15.6 Å². The summed E-state index contributed by atoms with van der Waals surface area (Å²) in [5.74, 6) is -0.194. The maximum atomic E-state index is 12.8. The highest BCUT2D eigenvalue weighted by Gasteiger charge is 2.35. The Hall–Kier alpha value is -1.41. The van der Waals surface area contributed by atoms with Crippen molar-refractivity contribution in [2.45, 2.75) is 35.9 Å². The lowest BCUT2D eigenvalue weighted by molar-refractivity contribution is -0.117. The van der Waals surface area contributed by atoms with E-state index in [-0.39, 0.29) is 18.4 Å². The van der Waals surface area contributed by atoms with Gasteiger partial charge in [-0.05, 0) is 48.6 Å². The predicted molar refractivity (Wildman–Crippen MR) is 101 cm³/mol. The molecule has 1 aromatic carbocycles. The average molecular weight is 399 g/mol. The van der Waals surface area contributed by atoms with Gasteiger partial charge in [-0.3, -0.25) is 4.79 Å². The first-order valence-electron chi connectivity index (χ1n) is 8.07. The molecule has 0 aliphatic carbocycles. The van der Waals surface area contributed by atoms with E-state index < -0.39 is 10.0 Å². The number of amides is 1. The molecule has 1 atom stereocenters. The van der Waals surface area contributed by atoms with Crippen molar-refractivity contribution < 1.29 is 13.2 Å². The van der Waals surface area contributed by atoms with Crippen LogP contribution in [-0.2, 0) is 14.8 Å². The molecule has 134 valence electrons. The molecule has 1 aromatic heterocycles. The molecule has 0 saturated carbocycles. The van der Waals surface area contributed by atoms with Gasteiger partial charge < -0.3 is 5.32 Å². The zero-order valence-electron chi connectivity index (χ0n) is 13.5. The van der Waals surface area contributed by atoms with Gasteiger partial charge in [-0.15, -0.1) is 11.3 Å². The molecule has 25 heavy (non-hydrogen) atoms. The van der Waals surface area contributed by atoms with Crippen molar-refractivity contribution in [2.24, 2.45) is 0 Å². The molecule has 1 amide bonds. The smallest absolute Gasteiger partial charge is 0.252 e. The van der Waals surface area contributed by atoms with Gasteiger partial charge in [0.15, 0.2) is 0 Å². The highest BCUT2D eigenvalue weighted by atomic mass is 35.5. The Bertz CT molecular complexity index is 820. The van der Waals surface area contributed by atoms with Crippen LogP contribution in [0.1, 0.15) is 25.7 Å². The van der Waals surface area contributed by atoms with Crippen LogP contribution in [0.5, 0.6) is 0 Å². The number of halogens is 1. The fraction of sp³-hybridized carbons (Fsp3) is 0.353. The summed E-state index contributed by atoms with van der Waals surface area (Å²) in [5.41, 5.74) is 0.651. The molecule has 0 radical (unpaired) electrons. The van der Waals surface area contributed by atoms with Gasteiger partial charge in [-0.2, -0.15) is 4.31 Å². The fourth-order valence-electron chi connectivity index (χ4n) is 2.98. The number of nitrogens with zero attached hydrogens (tertiary/aromatic N) is 1. The number of hydrogen-bond donors (Lipinski definition) is 1. The first kappa shape index (κ1) is 18.4. The normalized spacial score (nSPS) is 18.8. The van der Waals surface area contributed by atoms with Crippen molar-refractivity contribution in [2.75, 3.05) is 11.9 Å². The zero-order chi connectivity index (χ0) is 17.9. The van der Waals surface area contributed by atoms with Crippen LogP contribution < -0.4 is 5.32 Å². The van der Waals surface area contributed by atoms with E-state index in [1.54, 1.807) is 41.8 Å². The van der Waals surface area contributed by atoms with Crippen LogP contribution in [0, 0.1) is 0 Å². The van der Waals surface area contributed by atoms with Crippen LogP contribution in [0.4, 0.5) is 5.69 Å². The van der Waals surface area contributed by atoms with Crippen LogP contribution in [0.25, 0.3) is 0 Å².